The van der Waals surface area contributed by atoms with Crippen LogP contribution in [0.4, 0.5) is 5.69 Å². The molecule has 2 aliphatic rings. The molecular weight excluding hydrogens is 386 g/mol. The number of halogens is 1. The average Bonchev–Trinajstić information content (AvgIpc) is 2.63. The summed E-state index contributed by atoms with van der Waals surface area (Å²) < 4.78 is 0. The first-order valence-corrected chi connectivity index (χ1v) is 10.2. The number of ketones is 1. The molecule has 0 spiro atoms. The summed E-state index contributed by atoms with van der Waals surface area (Å²) in [6.07, 6.45) is 1.30. The lowest BCUT2D eigenvalue weighted by Crippen LogP contribution is -2.44. The van der Waals surface area contributed by atoms with Crippen molar-refractivity contribution in [3.05, 3.63) is 69.9 Å². The SMILES string of the molecule is Cc1c(Cl)cccc1N1C(=O)CC(c2ccc(O)cc2)C2=C1CC(C)(C)CC2=O. The van der Waals surface area contributed by atoms with Gasteiger partial charge in [-0.15, -0.1) is 0 Å². The maximum atomic E-state index is 13.4. The quantitative estimate of drug-likeness (QED) is 0.710. The van der Waals surface area contributed by atoms with Crippen molar-refractivity contribution in [2.45, 2.75) is 46.0 Å². The number of hydrogen-bond donors (Lipinski definition) is 1. The summed E-state index contributed by atoms with van der Waals surface area (Å²) >= 11 is 6.34. The Balaban J connectivity index is 1.92. The Morgan fingerprint density at radius 3 is 2.45 bits per heavy atom. The molecule has 0 aromatic heterocycles. The molecule has 1 N–H and O–H groups in total. The Bertz CT molecular complexity index is 1040. The molecule has 1 atom stereocenters. The first-order valence-electron chi connectivity index (χ1n) is 9.81. The van der Waals surface area contributed by atoms with Gasteiger partial charge in [0.1, 0.15) is 5.75 Å². The molecule has 2 aromatic carbocycles. The number of Topliss-reactive ketones (excluding diaryl/α,β-unsaturated/α-hetero) is 1. The molecule has 4 rings (SSSR count). The van der Waals surface area contributed by atoms with Crippen LogP contribution in [0.25, 0.3) is 0 Å². The van der Waals surface area contributed by atoms with Crippen LogP contribution in [0, 0.1) is 12.3 Å². The monoisotopic (exact) mass is 409 g/mol. The number of amides is 1. The zero-order chi connectivity index (χ0) is 20.9. The van der Waals surface area contributed by atoms with Crippen LogP contribution in [0.5, 0.6) is 5.75 Å². The van der Waals surface area contributed by atoms with Gasteiger partial charge in [-0.1, -0.05) is 43.6 Å². The van der Waals surface area contributed by atoms with Crippen LogP contribution in [0.15, 0.2) is 53.7 Å². The standard InChI is InChI=1S/C24H24ClNO3/c1-14-18(25)5-4-6-19(14)26-20-12-24(2,3)13-21(28)23(20)17(11-22(26)29)15-7-9-16(27)10-8-15/h4-10,17,27H,11-13H2,1-3H3. The van der Waals surface area contributed by atoms with Crippen LogP contribution in [-0.2, 0) is 9.59 Å². The number of anilines is 1. The lowest BCUT2D eigenvalue weighted by molar-refractivity contribution is -0.121. The van der Waals surface area contributed by atoms with Crippen molar-refractivity contribution < 1.29 is 14.7 Å². The molecule has 4 nitrogen and oxygen atoms in total. The van der Waals surface area contributed by atoms with E-state index in [0.717, 1.165) is 22.5 Å². The predicted octanol–water partition coefficient (Wildman–Crippen LogP) is 5.52. The van der Waals surface area contributed by atoms with Gasteiger partial charge in [0.25, 0.3) is 0 Å². The molecule has 29 heavy (non-hydrogen) atoms. The molecule has 0 saturated carbocycles. The minimum absolute atomic E-state index is 0.0438. The number of phenolic OH excluding ortho intramolecular Hbond substituents is 1. The van der Waals surface area contributed by atoms with Crippen LogP contribution in [-0.4, -0.2) is 16.8 Å². The smallest absolute Gasteiger partial charge is 0.232 e. The lowest BCUT2D eigenvalue weighted by atomic mass is 9.69. The molecule has 5 heteroatoms. The second kappa shape index (κ2) is 7.03. The summed E-state index contributed by atoms with van der Waals surface area (Å²) in [6, 6.07) is 12.3. The van der Waals surface area contributed by atoms with E-state index in [2.05, 4.69) is 13.8 Å². The molecule has 0 radical (unpaired) electrons. The van der Waals surface area contributed by atoms with Crippen molar-refractivity contribution in [1.82, 2.24) is 0 Å². The molecular formula is C24H24ClNO3. The summed E-state index contributed by atoms with van der Waals surface area (Å²) in [5.74, 6) is -0.0843. The lowest BCUT2D eigenvalue weighted by Gasteiger charge is -2.43. The van der Waals surface area contributed by atoms with E-state index in [1.807, 2.05) is 19.1 Å². The number of phenols is 1. The van der Waals surface area contributed by atoms with Gasteiger partial charge in [-0.25, -0.2) is 0 Å². The largest absolute Gasteiger partial charge is 0.508 e. The normalized spacial score (nSPS) is 21.4. The van der Waals surface area contributed by atoms with Crippen LogP contribution in [0.1, 0.15) is 50.2 Å². The fraction of sp³-hybridized carbons (Fsp3) is 0.333. The number of rotatable bonds is 2. The molecule has 0 fully saturated rings. The van der Waals surface area contributed by atoms with Gasteiger partial charge < -0.3 is 5.11 Å². The topological polar surface area (TPSA) is 57.6 Å². The molecule has 150 valence electrons. The molecule has 0 saturated heterocycles. The van der Waals surface area contributed by atoms with Crippen molar-refractivity contribution in [1.29, 1.82) is 0 Å². The number of aromatic hydroxyl groups is 1. The highest BCUT2D eigenvalue weighted by Gasteiger charge is 2.44. The number of carbonyl (C=O) groups excluding carboxylic acids is 2. The molecule has 1 amide bonds. The van der Waals surface area contributed by atoms with Gasteiger partial charge in [0.2, 0.25) is 5.91 Å². The third-order valence-electron chi connectivity index (χ3n) is 5.92. The van der Waals surface area contributed by atoms with Gasteiger partial charge >= 0.3 is 0 Å². The van der Waals surface area contributed by atoms with Gasteiger partial charge in [0.05, 0.1) is 5.69 Å². The van der Waals surface area contributed by atoms with E-state index in [1.54, 1.807) is 35.2 Å². The van der Waals surface area contributed by atoms with E-state index in [1.165, 1.54) is 0 Å². The van der Waals surface area contributed by atoms with E-state index in [4.69, 9.17) is 11.6 Å². The minimum atomic E-state index is -0.294. The van der Waals surface area contributed by atoms with Crippen LogP contribution in [0.2, 0.25) is 5.02 Å². The summed E-state index contributed by atoms with van der Waals surface area (Å²) in [7, 11) is 0. The first kappa shape index (κ1) is 19.7. The second-order valence-electron chi connectivity index (χ2n) is 8.76. The zero-order valence-corrected chi connectivity index (χ0v) is 17.6. The highest BCUT2D eigenvalue weighted by atomic mass is 35.5. The molecule has 1 heterocycles. The van der Waals surface area contributed by atoms with Crippen molar-refractivity contribution in [2.24, 2.45) is 5.41 Å². The van der Waals surface area contributed by atoms with Crippen molar-refractivity contribution in [2.75, 3.05) is 4.90 Å². The molecule has 1 unspecified atom stereocenters. The van der Waals surface area contributed by atoms with E-state index >= 15 is 0 Å². The van der Waals surface area contributed by atoms with Crippen LogP contribution < -0.4 is 4.90 Å². The Labute approximate surface area is 175 Å². The van der Waals surface area contributed by atoms with E-state index in [9.17, 15) is 14.7 Å². The summed E-state index contributed by atoms with van der Waals surface area (Å²) in [5.41, 5.74) is 3.72. The Morgan fingerprint density at radius 2 is 1.76 bits per heavy atom. The average molecular weight is 410 g/mol. The summed E-state index contributed by atoms with van der Waals surface area (Å²) in [4.78, 5) is 28.3. The number of carbonyl (C=O) groups is 2. The Hall–Kier alpha value is -2.59. The first-order chi connectivity index (χ1) is 13.7. The molecule has 0 bridgehead atoms. The van der Waals surface area contributed by atoms with Crippen molar-refractivity contribution in [3.63, 3.8) is 0 Å². The Morgan fingerprint density at radius 1 is 1.07 bits per heavy atom. The van der Waals surface area contributed by atoms with Crippen LogP contribution >= 0.6 is 11.6 Å². The fourth-order valence-corrected chi connectivity index (χ4v) is 4.69. The van der Waals surface area contributed by atoms with Gasteiger partial charge in [-0.3, -0.25) is 14.5 Å². The number of benzene rings is 2. The van der Waals surface area contributed by atoms with Crippen LogP contribution in [0.3, 0.4) is 0 Å². The third-order valence-corrected chi connectivity index (χ3v) is 6.33. The zero-order valence-electron chi connectivity index (χ0n) is 16.8. The van der Waals surface area contributed by atoms with Crippen molar-refractivity contribution >= 4 is 29.0 Å². The summed E-state index contributed by atoms with van der Waals surface area (Å²) in [6.45, 7) is 6.02. The fourth-order valence-electron chi connectivity index (χ4n) is 4.52. The Kier molecular flexibility index (Phi) is 4.78. The molecule has 2 aromatic rings. The van der Waals surface area contributed by atoms with Gasteiger partial charge in [0, 0.05) is 35.1 Å². The van der Waals surface area contributed by atoms with Gasteiger partial charge in [0.15, 0.2) is 5.78 Å². The number of allylic oxidation sites excluding steroid dienone is 2. The number of hydrogen-bond acceptors (Lipinski definition) is 3. The van der Waals surface area contributed by atoms with E-state index in [-0.39, 0.29) is 35.2 Å². The molecule has 1 aliphatic heterocycles. The van der Waals surface area contributed by atoms with E-state index < -0.39 is 0 Å². The maximum Gasteiger partial charge on any atom is 0.232 e. The minimum Gasteiger partial charge on any atom is -0.508 e. The predicted molar refractivity (Wildman–Crippen MR) is 114 cm³/mol. The van der Waals surface area contributed by atoms with Gasteiger partial charge in [-0.2, -0.15) is 0 Å². The highest BCUT2D eigenvalue weighted by molar-refractivity contribution is 6.31. The third kappa shape index (κ3) is 3.46. The van der Waals surface area contributed by atoms with Gasteiger partial charge in [-0.05, 0) is 54.2 Å². The highest BCUT2D eigenvalue weighted by Crippen LogP contribution is 2.49. The maximum absolute atomic E-state index is 13.4. The molecule has 1 aliphatic carbocycles. The second-order valence-corrected chi connectivity index (χ2v) is 9.17. The van der Waals surface area contributed by atoms with E-state index in [0.29, 0.717) is 23.4 Å². The summed E-state index contributed by atoms with van der Waals surface area (Å²) in [5, 5.41) is 10.2. The number of nitrogens with zero attached hydrogens (tertiary/aromatic N) is 1. The van der Waals surface area contributed by atoms with Crippen molar-refractivity contribution in [3.8, 4) is 5.75 Å².